The van der Waals surface area contributed by atoms with Crippen LogP contribution in [0.2, 0.25) is 0 Å². The van der Waals surface area contributed by atoms with Crippen molar-refractivity contribution in [2.45, 2.75) is 46.1 Å². The Morgan fingerprint density at radius 3 is 2.56 bits per heavy atom. The van der Waals surface area contributed by atoms with Crippen molar-refractivity contribution in [3.8, 4) is 0 Å². The number of aryl methyl sites for hydroxylation is 2. The second kappa shape index (κ2) is 5.30. The lowest BCUT2D eigenvalue weighted by atomic mass is 10.0. The van der Waals surface area contributed by atoms with Gasteiger partial charge in [-0.05, 0) is 45.6 Å². The van der Waals surface area contributed by atoms with Crippen LogP contribution in [-0.2, 0) is 13.5 Å². The molecule has 0 bridgehead atoms. The van der Waals surface area contributed by atoms with Gasteiger partial charge in [-0.15, -0.1) is 6.58 Å². The van der Waals surface area contributed by atoms with E-state index in [1.807, 2.05) is 25.6 Å². The molecule has 1 unspecified atom stereocenters. The zero-order valence-electron chi connectivity index (χ0n) is 10.7. The molecule has 0 spiro atoms. The fraction of sp³-hybridized carbons (Fsp3) is 0.615. The van der Waals surface area contributed by atoms with E-state index in [1.54, 1.807) is 0 Å². The van der Waals surface area contributed by atoms with Gasteiger partial charge in [0.2, 0.25) is 0 Å². The van der Waals surface area contributed by atoms with E-state index in [-0.39, 0.29) is 6.10 Å². The monoisotopic (exact) mass is 222 g/mol. The number of nitrogens with zero attached hydrogens (tertiary/aromatic N) is 2. The topological polar surface area (TPSA) is 38.1 Å². The van der Waals surface area contributed by atoms with Gasteiger partial charge in [-0.2, -0.15) is 5.10 Å². The maximum absolute atomic E-state index is 9.78. The number of aromatic nitrogens is 2. The molecule has 1 rings (SSSR count). The van der Waals surface area contributed by atoms with E-state index in [0.29, 0.717) is 6.42 Å². The van der Waals surface area contributed by atoms with Crippen molar-refractivity contribution in [3.05, 3.63) is 29.1 Å². The van der Waals surface area contributed by atoms with Crippen LogP contribution in [0.1, 0.15) is 36.7 Å². The summed E-state index contributed by atoms with van der Waals surface area (Å²) in [5.74, 6) is 0. The van der Waals surface area contributed by atoms with Crippen LogP contribution in [0.5, 0.6) is 0 Å². The van der Waals surface area contributed by atoms with Crippen LogP contribution in [0.25, 0.3) is 0 Å². The first kappa shape index (κ1) is 13.0. The Morgan fingerprint density at radius 2 is 2.12 bits per heavy atom. The van der Waals surface area contributed by atoms with Crippen molar-refractivity contribution in [2.24, 2.45) is 7.05 Å². The van der Waals surface area contributed by atoms with Gasteiger partial charge in [-0.25, -0.2) is 0 Å². The molecular weight excluding hydrogens is 200 g/mol. The first-order valence-electron chi connectivity index (χ1n) is 5.73. The zero-order valence-corrected chi connectivity index (χ0v) is 10.7. The largest absolute Gasteiger partial charge is 0.393 e. The summed E-state index contributed by atoms with van der Waals surface area (Å²) in [5.41, 5.74) is 4.57. The summed E-state index contributed by atoms with van der Waals surface area (Å²) in [6, 6.07) is 0. The van der Waals surface area contributed by atoms with Crippen molar-refractivity contribution in [1.29, 1.82) is 0 Å². The van der Waals surface area contributed by atoms with Gasteiger partial charge in [-0.1, -0.05) is 5.57 Å². The number of hydrogen-bond donors (Lipinski definition) is 1. The molecule has 0 aliphatic heterocycles. The minimum atomic E-state index is -0.281. The van der Waals surface area contributed by atoms with Crippen LogP contribution in [-0.4, -0.2) is 21.0 Å². The van der Waals surface area contributed by atoms with Gasteiger partial charge in [0.1, 0.15) is 0 Å². The van der Waals surface area contributed by atoms with Gasteiger partial charge >= 0.3 is 0 Å². The number of hydrogen-bond acceptors (Lipinski definition) is 2. The van der Waals surface area contributed by atoms with Gasteiger partial charge in [0.15, 0.2) is 0 Å². The molecule has 16 heavy (non-hydrogen) atoms. The highest BCUT2D eigenvalue weighted by molar-refractivity contribution is 5.24. The summed E-state index contributed by atoms with van der Waals surface area (Å²) < 4.78 is 1.90. The molecular formula is C13H22N2O. The molecule has 0 radical (unpaired) electrons. The second-order valence-corrected chi connectivity index (χ2v) is 4.63. The lowest BCUT2D eigenvalue weighted by Crippen LogP contribution is -2.08. The number of aliphatic hydroxyl groups excluding tert-OH is 1. The zero-order chi connectivity index (χ0) is 12.3. The predicted octanol–water partition coefficient (Wildman–Crippen LogP) is 2.30. The van der Waals surface area contributed by atoms with Gasteiger partial charge in [0.25, 0.3) is 0 Å². The molecule has 1 heterocycles. The molecule has 1 aromatic rings. The summed E-state index contributed by atoms with van der Waals surface area (Å²) >= 11 is 0. The van der Waals surface area contributed by atoms with Crippen LogP contribution >= 0.6 is 0 Å². The molecule has 0 aliphatic rings. The molecule has 0 saturated heterocycles. The molecule has 0 aromatic carbocycles. The van der Waals surface area contributed by atoms with Crippen molar-refractivity contribution in [3.63, 3.8) is 0 Å². The Morgan fingerprint density at radius 1 is 1.50 bits per heavy atom. The Kier molecular flexibility index (Phi) is 4.30. The minimum Gasteiger partial charge on any atom is -0.393 e. The highest BCUT2D eigenvalue weighted by atomic mass is 16.3. The van der Waals surface area contributed by atoms with Gasteiger partial charge in [0, 0.05) is 12.7 Å². The number of rotatable bonds is 5. The van der Waals surface area contributed by atoms with Crippen LogP contribution in [0.15, 0.2) is 12.2 Å². The molecule has 3 nitrogen and oxygen atoms in total. The van der Waals surface area contributed by atoms with E-state index in [4.69, 9.17) is 0 Å². The Labute approximate surface area is 97.8 Å². The predicted molar refractivity (Wildman–Crippen MR) is 66.4 cm³/mol. The molecule has 3 heteroatoms. The average molecular weight is 222 g/mol. The standard InChI is InChI=1S/C13H22N2O/c1-9(2)8-12(16)6-7-13-10(3)14-15(5)11(13)4/h12,16H,1,6-8H2,2-5H3. The molecule has 1 aromatic heterocycles. The molecule has 0 fully saturated rings. The van der Waals surface area contributed by atoms with Crippen LogP contribution in [0, 0.1) is 13.8 Å². The summed E-state index contributed by atoms with van der Waals surface area (Å²) in [6.07, 6.45) is 2.08. The lowest BCUT2D eigenvalue weighted by molar-refractivity contribution is 0.165. The van der Waals surface area contributed by atoms with E-state index in [1.165, 1.54) is 11.3 Å². The summed E-state index contributed by atoms with van der Waals surface area (Å²) in [7, 11) is 1.95. The molecule has 0 amide bonds. The van der Waals surface area contributed by atoms with Gasteiger partial charge < -0.3 is 5.11 Å². The maximum Gasteiger partial charge on any atom is 0.0628 e. The van der Waals surface area contributed by atoms with E-state index >= 15 is 0 Å². The average Bonchev–Trinajstić information content (AvgIpc) is 2.38. The van der Waals surface area contributed by atoms with E-state index in [9.17, 15) is 5.11 Å². The molecule has 1 N–H and O–H groups in total. The second-order valence-electron chi connectivity index (χ2n) is 4.63. The molecule has 90 valence electrons. The number of aliphatic hydroxyl groups is 1. The normalized spacial score (nSPS) is 12.8. The van der Waals surface area contributed by atoms with E-state index < -0.39 is 0 Å². The van der Waals surface area contributed by atoms with Crippen LogP contribution in [0.4, 0.5) is 0 Å². The molecule has 0 aliphatic carbocycles. The van der Waals surface area contributed by atoms with E-state index in [2.05, 4.69) is 18.6 Å². The summed E-state index contributed by atoms with van der Waals surface area (Å²) in [6.45, 7) is 9.85. The SMILES string of the molecule is C=C(C)CC(O)CCc1c(C)nn(C)c1C. The highest BCUT2D eigenvalue weighted by Crippen LogP contribution is 2.16. The van der Waals surface area contributed by atoms with Crippen LogP contribution in [0.3, 0.4) is 0 Å². The first-order chi connectivity index (χ1) is 7.41. The first-order valence-corrected chi connectivity index (χ1v) is 5.73. The minimum absolute atomic E-state index is 0.281. The third-order valence-electron chi connectivity index (χ3n) is 2.97. The third-order valence-corrected chi connectivity index (χ3v) is 2.97. The van der Waals surface area contributed by atoms with Crippen molar-refractivity contribution >= 4 is 0 Å². The highest BCUT2D eigenvalue weighted by Gasteiger charge is 2.11. The van der Waals surface area contributed by atoms with Crippen molar-refractivity contribution in [1.82, 2.24) is 9.78 Å². The van der Waals surface area contributed by atoms with Crippen molar-refractivity contribution in [2.75, 3.05) is 0 Å². The fourth-order valence-electron chi connectivity index (χ4n) is 1.99. The Balaban J connectivity index is 2.57. The molecule has 1 atom stereocenters. The van der Waals surface area contributed by atoms with Crippen molar-refractivity contribution < 1.29 is 5.11 Å². The summed E-state index contributed by atoms with van der Waals surface area (Å²) in [5, 5.41) is 14.1. The lowest BCUT2D eigenvalue weighted by Gasteiger charge is -2.10. The third kappa shape index (κ3) is 3.20. The Bertz CT molecular complexity index is 380. The maximum atomic E-state index is 9.78. The van der Waals surface area contributed by atoms with Gasteiger partial charge in [0.05, 0.1) is 11.8 Å². The fourth-order valence-corrected chi connectivity index (χ4v) is 1.99. The van der Waals surface area contributed by atoms with Gasteiger partial charge in [-0.3, -0.25) is 4.68 Å². The quantitative estimate of drug-likeness (QED) is 0.776. The smallest absolute Gasteiger partial charge is 0.0628 e. The van der Waals surface area contributed by atoms with Crippen LogP contribution < -0.4 is 0 Å². The van der Waals surface area contributed by atoms with E-state index in [0.717, 1.165) is 24.1 Å². The summed E-state index contributed by atoms with van der Waals surface area (Å²) in [4.78, 5) is 0. The Hall–Kier alpha value is -1.09. The molecule has 0 saturated carbocycles.